The highest BCUT2D eigenvalue weighted by molar-refractivity contribution is 5.94. The molecule has 8 nitrogen and oxygen atoms in total. The Bertz CT molecular complexity index is 768. The molecule has 0 atom stereocenters. The first-order valence-corrected chi connectivity index (χ1v) is 7.24. The van der Waals surface area contributed by atoms with Crippen LogP contribution in [0.1, 0.15) is 21.7 Å². The second kappa shape index (κ2) is 7.40. The van der Waals surface area contributed by atoms with Crippen molar-refractivity contribution in [3.63, 3.8) is 0 Å². The summed E-state index contributed by atoms with van der Waals surface area (Å²) in [6, 6.07) is 9.35. The van der Waals surface area contributed by atoms with Gasteiger partial charge < -0.3 is 15.8 Å². The molecule has 1 aromatic carbocycles. The number of nitrogens with zero attached hydrogens (tertiary/aromatic N) is 2. The van der Waals surface area contributed by atoms with Gasteiger partial charge in [0, 0.05) is 0 Å². The number of hydrogen-bond donors (Lipinski definition) is 2. The number of benzene rings is 1. The Morgan fingerprint density at radius 2 is 1.88 bits per heavy atom. The van der Waals surface area contributed by atoms with Gasteiger partial charge in [0.1, 0.15) is 5.56 Å². The lowest BCUT2D eigenvalue weighted by molar-refractivity contribution is -0.127. The Balaban J connectivity index is 2.09. The zero-order valence-electron chi connectivity index (χ0n) is 13.4. The Morgan fingerprint density at radius 1 is 1.21 bits per heavy atom. The highest BCUT2D eigenvalue weighted by Gasteiger charge is 2.21. The van der Waals surface area contributed by atoms with Crippen LogP contribution in [0.5, 0.6) is 0 Å². The van der Waals surface area contributed by atoms with Gasteiger partial charge >= 0.3 is 5.97 Å². The number of aromatic nitrogens is 2. The van der Waals surface area contributed by atoms with Gasteiger partial charge in [-0.3, -0.25) is 9.59 Å². The summed E-state index contributed by atoms with van der Waals surface area (Å²) in [5.41, 5.74) is 7.15. The molecule has 0 spiro atoms. The minimum atomic E-state index is -0.675. The molecule has 1 aromatic heterocycles. The first-order valence-electron chi connectivity index (χ1n) is 7.24. The van der Waals surface area contributed by atoms with E-state index in [1.54, 1.807) is 18.5 Å². The highest BCUT2D eigenvalue weighted by atomic mass is 16.5. The third-order valence-electron chi connectivity index (χ3n) is 3.29. The van der Waals surface area contributed by atoms with Crippen LogP contribution in [0, 0.1) is 13.8 Å². The highest BCUT2D eigenvalue weighted by Crippen LogP contribution is 2.18. The van der Waals surface area contributed by atoms with E-state index in [9.17, 15) is 14.4 Å². The van der Waals surface area contributed by atoms with Crippen LogP contribution in [-0.2, 0) is 14.3 Å². The smallest absolute Gasteiger partial charge is 0.342 e. The molecule has 24 heavy (non-hydrogen) atoms. The van der Waals surface area contributed by atoms with Crippen molar-refractivity contribution >= 4 is 17.8 Å². The van der Waals surface area contributed by atoms with Crippen LogP contribution in [0.3, 0.4) is 0 Å². The van der Waals surface area contributed by atoms with Gasteiger partial charge in [0.15, 0.2) is 6.61 Å². The molecule has 2 aromatic rings. The van der Waals surface area contributed by atoms with Crippen LogP contribution in [0.25, 0.3) is 5.69 Å². The normalized spacial score (nSPS) is 10.2. The molecule has 0 aliphatic heterocycles. The fourth-order valence-corrected chi connectivity index (χ4v) is 2.20. The van der Waals surface area contributed by atoms with Crippen molar-refractivity contribution in [2.24, 2.45) is 5.73 Å². The molecular formula is C16H18N4O4. The first kappa shape index (κ1) is 17.2. The van der Waals surface area contributed by atoms with Gasteiger partial charge in [-0.2, -0.15) is 5.10 Å². The Labute approximate surface area is 138 Å². The fourth-order valence-electron chi connectivity index (χ4n) is 2.20. The predicted molar refractivity (Wildman–Crippen MR) is 85.5 cm³/mol. The number of carbonyl (C=O) groups is 3. The van der Waals surface area contributed by atoms with Crippen molar-refractivity contribution in [2.75, 3.05) is 13.2 Å². The quantitative estimate of drug-likeness (QED) is 0.736. The number of carbonyl (C=O) groups excluding carboxylic acids is 3. The summed E-state index contributed by atoms with van der Waals surface area (Å²) >= 11 is 0. The number of rotatable bonds is 6. The Hall–Kier alpha value is -3.16. The van der Waals surface area contributed by atoms with E-state index in [2.05, 4.69) is 10.4 Å². The standard InChI is InChI=1S/C16H18N4O4/c1-10-15(16(23)24-9-14(22)18-8-13(17)21)11(2)20(19-10)12-6-4-3-5-7-12/h3-7H,8-9H2,1-2H3,(H2,17,21)(H,18,22). The fraction of sp³-hybridized carbons (Fsp3) is 0.250. The lowest BCUT2D eigenvalue weighted by atomic mass is 10.2. The number of para-hydroxylation sites is 1. The van der Waals surface area contributed by atoms with Crippen LogP contribution < -0.4 is 11.1 Å². The summed E-state index contributed by atoms with van der Waals surface area (Å²) in [6.07, 6.45) is 0. The van der Waals surface area contributed by atoms with Crippen LogP contribution >= 0.6 is 0 Å². The molecule has 2 rings (SSSR count). The van der Waals surface area contributed by atoms with Crippen molar-refractivity contribution < 1.29 is 19.1 Å². The van der Waals surface area contributed by atoms with Gasteiger partial charge in [-0.25, -0.2) is 9.48 Å². The summed E-state index contributed by atoms with van der Waals surface area (Å²) in [4.78, 5) is 34.3. The molecular weight excluding hydrogens is 312 g/mol. The van der Waals surface area contributed by atoms with Gasteiger partial charge in [0.2, 0.25) is 5.91 Å². The monoisotopic (exact) mass is 330 g/mol. The molecule has 0 saturated heterocycles. The number of hydrogen-bond acceptors (Lipinski definition) is 5. The average molecular weight is 330 g/mol. The van der Waals surface area contributed by atoms with Crippen LogP contribution in [-0.4, -0.2) is 40.7 Å². The van der Waals surface area contributed by atoms with Crippen molar-refractivity contribution in [3.05, 3.63) is 47.3 Å². The number of nitrogens with two attached hydrogens (primary N) is 1. The maximum atomic E-state index is 12.2. The van der Waals surface area contributed by atoms with Crippen LogP contribution in [0.15, 0.2) is 30.3 Å². The van der Waals surface area contributed by atoms with Gasteiger partial charge in [0.05, 0.1) is 23.6 Å². The maximum Gasteiger partial charge on any atom is 0.342 e. The topological polar surface area (TPSA) is 116 Å². The van der Waals surface area contributed by atoms with Gasteiger partial charge in [-0.1, -0.05) is 18.2 Å². The molecule has 8 heteroatoms. The van der Waals surface area contributed by atoms with Gasteiger partial charge in [-0.15, -0.1) is 0 Å². The van der Waals surface area contributed by atoms with Crippen molar-refractivity contribution in [1.82, 2.24) is 15.1 Å². The molecule has 0 aliphatic rings. The minimum Gasteiger partial charge on any atom is -0.452 e. The number of ether oxygens (including phenoxy) is 1. The molecule has 0 unspecified atom stereocenters. The predicted octanol–water partition coefficient (Wildman–Crippen LogP) is 0.247. The van der Waals surface area contributed by atoms with E-state index in [4.69, 9.17) is 10.5 Å². The van der Waals surface area contributed by atoms with E-state index in [-0.39, 0.29) is 6.54 Å². The molecule has 3 N–H and O–H groups in total. The number of primary amides is 1. The first-order chi connectivity index (χ1) is 11.4. The van der Waals surface area contributed by atoms with Crippen LogP contribution in [0.2, 0.25) is 0 Å². The molecule has 0 aliphatic carbocycles. The van der Waals surface area contributed by atoms with E-state index >= 15 is 0 Å². The molecule has 0 saturated carbocycles. The number of aryl methyl sites for hydroxylation is 1. The number of nitrogens with one attached hydrogen (secondary N) is 1. The lowest BCUT2D eigenvalue weighted by Crippen LogP contribution is -2.36. The summed E-state index contributed by atoms with van der Waals surface area (Å²) in [6.45, 7) is 2.63. The molecule has 0 radical (unpaired) electrons. The Kier molecular flexibility index (Phi) is 5.31. The molecule has 2 amide bonds. The SMILES string of the molecule is Cc1nn(-c2ccccc2)c(C)c1C(=O)OCC(=O)NCC(N)=O. The van der Waals surface area contributed by atoms with Gasteiger partial charge in [0.25, 0.3) is 5.91 Å². The molecule has 126 valence electrons. The summed E-state index contributed by atoms with van der Waals surface area (Å²) < 4.78 is 6.61. The third kappa shape index (κ3) is 3.97. The van der Waals surface area contributed by atoms with E-state index in [0.29, 0.717) is 17.0 Å². The molecule has 0 bridgehead atoms. The van der Waals surface area contributed by atoms with Crippen molar-refractivity contribution in [1.29, 1.82) is 0 Å². The lowest BCUT2D eigenvalue weighted by Gasteiger charge is -2.06. The summed E-state index contributed by atoms with van der Waals surface area (Å²) in [5.74, 6) is -1.93. The average Bonchev–Trinajstić information content (AvgIpc) is 2.86. The zero-order valence-corrected chi connectivity index (χ0v) is 13.4. The largest absolute Gasteiger partial charge is 0.452 e. The Morgan fingerprint density at radius 3 is 2.50 bits per heavy atom. The minimum absolute atomic E-state index is 0.305. The van der Waals surface area contributed by atoms with E-state index in [1.807, 2.05) is 30.3 Å². The van der Waals surface area contributed by atoms with Gasteiger partial charge in [-0.05, 0) is 26.0 Å². The van der Waals surface area contributed by atoms with E-state index in [1.165, 1.54) is 0 Å². The second-order valence-corrected chi connectivity index (χ2v) is 5.11. The summed E-state index contributed by atoms with van der Waals surface area (Å²) in [7, 11) is 0. The zero-order chi connectivity index (χ0) is 17.7. The number of amides is 2. The van der Waals surface area contributed by atoms with Crippen molar-refractivity contribution in [3.8, 4) is 5.69 Å². The van der Waals surface area contributed by atoms with Crippen molar-refractivity contribution in [2.45, 2.75) is 13.8 Å². The maximum absolute atomic E-state index is 12.2. The number of esters is 1. The molecule has 1 heterocycles. The second-order valence-electron chi connectivity index (χ2n) is 5.11. The molecule has 0 fully saturated rings. The summed E-state index contributed by atoms with van der Waals surface area (Å²) in [5, 5.41) is 6.58. The van der Waals surface area contributed by atoms with E-state index < -0.39 is 24.4 Å². The van der Waals surface area contributed by atoms with E-state index in [0.717, 1.165) is 5.69 Å². The van der Waals surface area contributed by atoms with Crippen LogP contribution in [0.4, 0.5) is 0 Å². The third-order valence-corrected chi connectivity index (χ3v) is 3.29.